The first kappa shape index (κ1) is 17.1. The van der Waals surface area contributed by atoms with E-state index in [9.17, 15) is 4.79 Å². The Morgan fingerprint density at radius 1 is 1.14 bits per heavy atom. The van der Waals surface area contributed by atoms with Crippen LogP contribution in [0.25, 0.3) is 0 Å². The number of rotatable bonds is 10. The van der Waals surface area contributed by atoms with E-state index in [1.54, 1.807) is 24.3 Å². The third-order valence-corrected chi connectivity index (χ3v) is 2.50. The zero-order valence-corrected chi connectivity index (χ0v) is 11.8. The van der Waals surface area contributed by atoms with Crippen LogP contribution in [0.15, 0.2) is 24.3 Å². The van der Waals surface area contributed by atoms with Crippen molar-refractivity contribution in [3.8, 4) is 6.07 Å². The highest BCUT2D eigenvalue weighted by Gasteiger charge is 2.05. The van der Waals surface area contributed by atoms with E-state index < -0.39 is 0 Å². The summed E-state index contributed by atoms with van der Waals surface area (Å²) in [7, 11) is 0. The van der Waals surface area contributed by atoms with Crippen LogP contribution in [0.1, 0.15) is 11.1 Å². The molecule has 0 heterocycles. The van der Waals surface area contributed by atoms with Crippen molar-refractivity contribution in [3.63, 3.8) is 0 Å². The third-order valence-electron chi connectivity index (χ3n) is 2.50. The molecule has 1 aromatic carbocycles. The first-order valence-corrected chi connectivity index (χ1v) is 6.67. The standard InChI is InChI=1S/C15H19NO5/c16-12-14-3-1-2-13(10-14)11-15(18)21-9-8-20-7-6-19-5-4-17/h1-3,10,17H,4-9,11H2. The number of benzene rings is 1. The van der Waals surface area contributed by atoms with Gasteiger partial charge in [-0.3, -0.25) is 4.79 Å². The minimum Gasteiger partial charge on any atom is -0.463 e. The Morgan fingerprint density at radius 3 is 2.57 bits per heavy atom. The van der Waals surface area contributed by atoms with Crippen molar-refractivity contribution in [1.29, 1.82) is 5.26 Å². The molecule has 0 bridgehead atoms. The first-order valence-electron chi connectivity index (χ1n) is 6.67. The molecule has 0 spiro atoms. The number of nitrogens with zero attached hydrogens (tertiary/aromatic N) is 1. The molecule has 0 radical (unpaired) electrons. The zero-order valence-electron chi connectivity index (χ0n) is 11.8. The predicted molar refractivity (Wildman–Crippen MR) is 74.5 cm³/mol. The fourth-order valence-corrected chi connectivity index (χ4v) is 1.57. The van der Waals surface area contributed by atoms with Crippen molar-refractivity contribution >= 4 is 5.97 Å². The Labute approximate surface area is 123 Å². The summed E-state index contributed by atoms with van der Waals surface area (Å²) in [4.78, 5) is 11.6. The quantitative estimate of drug-likeness (QED) is 0.504. The molecule has 0 aliphatic heterocycles. The van der Waals surface area contributed by atoms with E-state index >= 15 is 0 Å². The van der Waals surface area contributed by atoms with Crippen molar-refractivity contribution in [2.75, 3.05) is 39.6 Å². The Kier molecular flexibility index (Phi) is 8.80. The van der Waals surface area contributed by atoms with Crippen LogP contribution in [0, 0.1) is 11.3 Å². The Hall–Kier alpha value is -1.94. The summed E-state index contributed by atoms with van der Waals surface area (Å²) >= 11 is 0. The average Bonchev–Trinajstić information content (AvgIpc) is 2.50. The summed E-state index contributed by atoms with van der Waals surface area (Å²) in [6, 6.07) is 8.87. The lowest BCUT2D eigenvalue weighted by Crippen LogP contribution is -2.14. The van der Waals surface area contributed by atoms with Gasteiger partial charge in [-0.15, -0.1) is 0 Å². The second kappa shape index (κ2) is 10.8. The summed E-state index contributed by atoms with van der Waals surface area (Å²) < 4.78 is 15.2. The minimum atomic E-state index is -0.356. The smallest absolute Gasteiger partial charge is 0.310 e. The monoisotopic (exact) mass is 293 g/mol. The third kappa shape index (κ3) is 8.05. The van der Waals surface area contributed by atoms with Crippen molar-refractivity contribution < 1.29 is 24.1 Å². The zero-order chi connectivity index (χ0) is 15.3. The summed E-state index contributed by atoms with van der Waals surface area (Å²) in [6.07, 6.45) is 0.134. The largest absolute Gasteiger partial charge is 0.463 e. The highest BCUT2D eigenvalue weighted by molar-refractivity contribution is 5.72. The Bertz CT molecular complexity index is 469. The summed E-state index contributed by atoms with van der Waals surface area (Å²) in [6.45, 7) is 1.55. The number of aliphatic hydroxyl groups is 1. The summed E-state index contributed by atoms with van der Waals surface area (Å²) in [5.74, 6) is -0.356. The molecule has 114 valence electrons. The van der Waals surface area contributed by atoms with Crippen molar-refractivity contribution in [2.24, 2.45) is 0 Å². The van der Waals surface area contributed by atoms with Gasteiger partial charge in [0.05, 0.1) is 51.1 Å². The van der Waals surface area contributed by atoms with Gasteiger partial charge in [0.15, 0.2) is 0 Å². The molecule has 0 aliphatic rings. The molecule has 0 saturated heterocycles. The van der Waals surface area contributed by atoms with E-state index in [0.717, 1.165) is 5.56 Å². The maximum absolute atomic E-state index is 11.6. The number of aliphatic hydroxyl groups excluding tert-OH is 1. The number of nitriles is 1. The molecule has 6 heteroatoms. The number of carbonyl (C=O) groups excluding carboxylic acids is 1. The second-order valence-electron chi connectivity index (χ2n) is 4.16. The van der Waals surface area contributed by atoms with Crippen LogP contribution in [0.4, 0.5) is 0 Å². The van der Waals surface area contributed by atoms with Crippen molar-refractivity contribution in [2.45, 2.75) is 6.42 Å². The van der Waals surface area contributed by atoms with E-state index in [0.29, 0.717) is 32.0 Å². The maximum Gasteiger partial charge on any atom is 0.310 e. The summed E-state index contributed by atoms with van der Waals surface area (Å²) in [5, 5.41) is 17.2. The van der Waals surface area contributed by atoms with Gasteiger partial charge < -0.3 is 19.3 Å². The van der Waals surface area contributed by atoms with Gasteiger partial charge in [-0.2, -0.15) is 5.26 Å². The number of carbonyl (C=O) groups is 1. The van der Waals surface area contributed by atoms with Crippen LogP contribution in [-0.4, -0.2) is 50.7 Å². The predicted octanol–water partition coefficient (Wildman–Crippen LogP) is 0.669. The molecule has 0 aromatic heterocycles. The van der Waals surface area contributed by atoms with Gasteiger partial charge in [-0.05, 0) is 17.7 Å². The van der Waals surface area contributed by atoms with Crippen molar-refractivity contribution in [1.82, 2.24) is 0 Å². The lowest BCUT2D eigenvalue weighted by molar-refractivity contribution is -0.144. The fraction of sp³-hybridized carbons (Fsp3) is 0.467. The fourth-order valence-electron chi connectivity index (χ4n) is 1.57. The molecular formula is C15H19NO5. The van der Waals surface area contributed by atoms with Gasteiger partial charge in [0, 0.05) is 0 Å². The Morgan fingerprint density at radius 2 is 1.86 bits per heavy atom. The molecule has 1 rings (SSSR count). The van der Waals surface area contributed by atoms with Gasteiger partial charge in [-0.1, -0.05) is 12.1 Å². The van der Waals surface area contributed by atoms with Crippen LogP contribution in [0.3, 0.4) is 0 Å². The van der Waals surface area contributed by atoms with E-state index in [4.69, 9.17) is 24.6 Å². The van der Waals surface area contributed by atoms with Gasteiger partial charge in [0.1, 0.15) is 6.61 Å². The minimum absolute atomic E-state index is 0.00931. The molecule has 0 atom stereocenters. The van der Waals surface area contributed by atoms with Gasteiger partial charge in [-0.25, -0.2) is 0 Å². The molecule has 0 unspecified atom stereocenters. The molecule has 0 fully saturated rings. The molecular weight excluding hydrogens is 274 g/mol. The lowest BCUT2D eigenvalue weighted by Gasteiger charge is -2.06. The van der Waals surface area contributed by atoms with Gasteiger partial charge in [0.2, 0.25) is 0 Å². The van der Waals surface area contributed by atoms with E-state index in [2.05, 4.69) is 0 Å². The molecule has 0 amide bonds. The number of ether oxygens (including phenoxy) is 3. The molecule has 21 heavy (non-hydrogen) atoms. The molecule has 0 aliphatic carbocycles. The van der Waals surface area contributed by atoms with Gasteiger partial charge in [0.25, 0.3) is 0 Å². The van der Waals surface area contributed by atoms with Crippen LogP contribution in [0.2, 0.25) is 0 Å². The topological polar surface area (TPSA) is 88.8 Å². The van der Waals surface area contributed by atoms with Gasteiger partial charge >= 0.3 is 5.97 Å². The molecule has 0 saturated carbocycles. The highest BCUT2D eigenvalue weighted by atomic mass is 16.6. The number of hydrogen-bond acceptors (Lipinski definition) is 6. The number of esters is 1. The molecule has 6 nitrogen and oxygen atoms in total. The van der Waals surface area contributed by atoms with Crippen LogP contribution < -0.4 is 0 Å². The Balaban J connectivity index is 2.10. The maximum atomic E-state index is 11.6. The average molecular weight is 293 g/mol. The first-order chi connectivity index (χ1) is 10.3. The summed E-state index contributed by atoms with van der Waals surface area (Å²) in [5.41, 5.74) is 1.27. The SMILES string of the molecule is N#Cc1cccc(CC(=O)OCCOCCOCCO)c1. The molecule has 1 aromatic rings. The van der Waals surface area contributed by atoms with Crippen molar-refractivity contribution in [3.05, 3.63) is 35.4 Å². The second-order valence-corrected chi connectivity index (χ2v) is 4.16. The van der Waals surface area contributed by atoms with E-state index in [1.165, 1.54) is 0 Å². The van der Waals surface area contributed by atoms with Crippen LogP contribution in [-0.2, 0) is 25.4 Å². The van der Waals surface area contributed by atoms with Crippen LogP contribution in [0.5, 0.6) is 0 Å². The number of hydrogen-bond donors (Lipinski definition) is 1. The van der Waals surface area contributed by atoms with Crippen LogP contribution >= 0.6 is 0 Å². The molecule has 1 N–H and O–H groups in total. The van der Waals surface area contributed by atoms with E-state index in [-0.39, 0.29) is 25.6 Å². The normalized spacial score (nSPS) is 10.1. The van der Waals surface area contributed by atoms with E-state index in [1.807, 2.05) is 6.07 Å². The highest BCUT2D eigenvalue weighted by Crippen LogP contribution is 2.05. The lowest BCUT2D eigenvalue weighted by atomic mass is 10.1.